The number of rotatable bonds is 2. The van der Waals surface area contributed by atoms with Crippen LogP contribution in [-0.2, 0) is 9.53 Å². The van der Waals surface area contributed by atoms with Gasteiger partial charge in [0.2, 0.25) is 11.8 Å². The van der Waals surface area contributed by atoms with E-state index in [1.165, 1.54) is 12.6 Å². The van der Waals surface area contributed by atoms with Gasteiger partial charge in [0.1, 0.15) is 6.04 Å². The summed E-state index contributed by atoms with van der Waals surface area (Å²) >= 11 is 0. The van der Waals surface area contributed by atoms with E-state index in [0.717, 1.165) is 0 Å². The van der Waals surface area contributed by atoms with E-state index in [1.807, 2.05) is 0 Å². The van der Waals surface area contributed by atoms with E-state index in [2.05, 4.69) is 15.6 Å². The van der Waals surface area contributed by atoms with E-state index >= 15 is 0 Å². The van der Waals surface area contributed by atoms with Gasteiger partial charge in [0, 0.05) is 6.54 Å². The molecule has 0 saturated carbocycles. The lowest BCUT2D eigenvalue weighted by Crippen LogP contribution is -2.48. The fourth-order valence-corrected chi connectivity index (χ4v) is 1.22. The monoisotopic (exact) mass is 197 g/mol. The molecule has 0 bridgehead atoms. The van der Waals surface area contributed by atoms with Crippen molar-refractivity contribution in [3.63, 3.8) is 0 Å². The summed E-state index contributed by atoms with van der Waals surface area (Å²) in [6.45, 7) is 1.72. The summed E-state index contributed by atoms with van der Waals surface area (Å²) in [5.41, 5.74) is 0. The lowest BCUT2D eigenvalue weighted by Gasteiger charge is -2.22. The summed E-state index contributed by atoms with van der Waals surface area (Å²) in [5, 5.41) is 5.61. The van der Waals surface area contributed by atoms with Crippen molar-refractivity contribution in [1.29, 1.82) is 0 Å². The minimum atomic E-state index is -0.311. The van der Waals surface area contributed by atoms with Gasteiger partial charge < -0.3 is 14.5 Å². The fraction of sp³-hybridized carbons (Fsp3) is 0.500. The first-order valence-corrected chi connectivity index (χ1v) is 4.37. The van der Waals surface area contributed by atoms with Crippen LogP contribution < -0.4 is 10.6 Å². The summed E-state index contributed by atoms with van der Waals surface area (Å²) < 4.78 is 10.0. The van der Waals surface area contributed by atoms with E-state index in [-0.39, 0.29) is 11.9 Å². The Morgan fingerprint density at radius 1 is 1.71 bits per heavy atom. The molecular formula is C8H11N3O3. The largest absolute Gasteiger partial charge is 0.428 e. The Morgan fingerprint density at radius 3 is 3.29 bits per heavy atom. The molecule has 6 nitrogen and oxygen atoms in total. The Kier molecular flexibility index (Phi) is 2.76. The van der Waals surface area contributed by atoms with Crippen molar-refractivity contribution in [1.82, 2.24) is 10.3 Å². The molecule has 2 heterocycles. The molecule has 1 amide bonds. The minimum absolute atomic E-state index is 0.165. The average Bonchev–Trinajstić information content (AvgIpc) is 2.72. The van der Waals surface area contributed by atoms with Crippen LogP contribution in [0.4, 0.5) is 5.88 Å². The minimum Gasteiger partial charge on any atom is -0.428 e. The maximum absolute atomic E-state index is 11.5. The number of oxazole rings is 1. The van der Waals surface area contributed by atoms with E-state index in [0.29, 0.717) is 25.6 Å². The van der Waals surface area contributed by atoms with Crippen LogP contribution in [0.15, 0.2) is 17.0 Å². The topological polar surface area (TPSA) is 76.4 Å². The molecule has 14 heavy (non-hydrogen) atoms. The Hall–Kier alpha value is -1.40. The molecule has 1 aliphatic heterocycles. The van der Waals surface area contributed by atoms with Gasteiger partial charge in [-0.2, -0.15) is 0 Å². The van der Waals surface area contributed by atoms with Crippen LogP contribution in [0.1, 0.15) is 0 Å². The number of morpholine rings is 1. The third kappa shape index (κ3) is 2.09. The highest BCUT2D eigenvalue weighted by Gasteiger charge is 2.21. The van der Waals surface area contributed by atoms with Crippen molar-refractivity contribution in [3.8, 4) is 0 Å². The molecule has 1 saturated heterocycles. The van der Waals surface area contributed by atoms with Crippen LogP contribution in [0.5, 0.6) is 0 Å². The maximum atomic E-state index is 11.5. The Morgan fingerprint density at radius 2 is 2.64 bits per heavy atom. The maximum Gasteiger partial charge on any atom is 0.246 e. The number of carbonyl (C=O) groups is 1. The van der Waals surface area contributed by atoms with Crippen LogP contribution in [0, 0.1) is 0 Å². The Bertz CT molecular complexity index is 293. The molecule has 1 aliphatic rings. The highest BCUT2D eigenvalue weighted by molar-refractivity contribution is 5.93. The van der Waals surface area contributed by atoms with Crippen molar-refractivity contribution >= 4 is 11.8 Å². The van der Waals surface area contributed by atoms with Crippen molar-refractivity contribution in [2.45, 2.75) is 6.04 Å². The summed E-state index contributed by atoms with van der Waals surface area (Å²) in [5.74, 6) is 0.184. The van der Waals surface area contributed by atoms with E-state index in [1.54, 1.807) is 0 Å². The molecule has 0 aromatic carbocycles. The van der Waals surface area contributed by atoms with Gasteiger partial charge in [-0.1, -0.05) is 0 Å². The third-order valence-corrected chi connectivity index (χ3v) is 1.92. The SMILES string of the molecule is O=C(Nc1cnco1)C1COCCN1. The predicted molar refractivity (Wildman–Crippen MR) is 47.7 cm³/mol. The van der Waals surface area contributed by atoms with Crippen LogP contribution in [-0.4, -0.2) is 36.7 Å². The normalized spacial score (nSPS) is 21.9. The standard InChI is InChI=1S/C8H11N3O3/c12-8(6-4-13-2-1-10-6)11-7-3-9-5-14-7/h3,5-6,10H,1-2,4H2,(H,11,12). The van der Waals surface area contributed by atoms with Crippen LogP contribution >= 0.6 is 0 Å². The molecule has 1 aromatic rings. The second-order valence-corrected chi connectivity index (χ2v) is 2.94. The van der Waals surface area contributed by atoms with Gasteiger partial charge in [-0.05, 0) is 0 Å². The van der Waals surface area contributed by atoms with Gasteiger partial charge in [0.25, 0.3) is 0 Å². The van der Waals surface area contributed by atoms with Crippen molar-refractivity contribution in [2.75, 3.05) is 25.1 Å². The lowest BCUT2D eigenvalue weighted by atomic mass is 10.2. The highest BCUT2D eigenvalue weighted by Crippen LogP contribution is 2.05. The van der Waals surface area contributed by atoms with Crippen LogP contribution in [0.2, 0.25) is 0 Å². The van der Waals surface area contributed by atoms with Crippen molar-refractivity contribution < 1.29 is 13.9 Å². The number of anilines is 1. The van der Waals surface area contributed by atoms with Gasteiger partial charge in [-0.3, -0.25) is 10.1 Å². The molecule has 0 radical (unpaired) electrons. The molecule has 2 N–H and O–H groups in total. The number of amides is 1. The number of hydrogen-bond donors (Lipinski definition) is 2. The second-order valence-electron chi connectivity index (χ2n) is 2.94. The third-order valence-electron chi connectivity index (χ3n) is 1.92. The predicted octanol–water partition coefficient (Wildman–Crippen LogP) is -0.399. The first-order chi connectivity index (χ1) is 6.86. The molecule has 2 rings (SSSR count). The number of ether oxygens (including phenoxy) is 1. The number of hydrogen-bond acceptors (Lipinski definition) is 5. The fourth-order valence-electron chi connectivity index (χ4n) is 1.22. The quantitative estimate of drug-likeness (QED) is 0.674. The number of nitrogens with one attached hydrogen (secondary N) is 2. The number of aromatic nitrogens is 1. The molecule has 1 aromatic heterocycles. The van der Waals surface area contributed by atoms with E-state index in [9.17, 15) is 4.79 Å². The summed E-state index contributed by atoms with van der Waals surface area (Å²) in [7, 11) is 0. The zero-order valence-electron chi connectivity index (χ0n) is 7.53. The summed E-state index contributed by atoms with van der Waals surface area (Å²) in [6.07, 6.45) is 2.71. The zero-order chi connectivity index (χ0) is 9.80. The van der Waals surface area contributed by atoms with Crippen LogP contribution in [0.25, 0.3) is 0 Å². The first kappa shape index (κ1) is 9.17. The molecule has 1 fully saturated rings. The molecule has 1 atom stereocenters. The molecule has 1 unspecified atom stereocenters. The van der Waals surface area contributed by atoms with Gasteiger partial charge >= 0.3 is 0 Å². The molecular weight excluding hydrogens is 186 g/mol. The average molecular weight is 197 g/mol. The van der Waals surface area contributed by atoms with Gasteiger partial charge in [0.15, 0.2) is 6.39 Å². The van der Waals surface area contributed by atoms with Gasteiger partial charge in [0.05, 0.1) is 19.4 Å². The molecule has 76 valence electrons. The van der Waals surface area contributed by atoms with E-state index < -0.39 is 0 Å². The van der Waals surface area contributed by atoms with Crippen LogP contribution in [0.3, 0.4) is 0 Å². The molecule has 0 aliphatic carbocycles. The van der Waals surface area contributed by atoms with Crippen molar-refractivity contribution in [2.24, 2.45) is 0 Å². The Balaban J connectivity index is 1.88. The summed E-state index contributed by atoms with van der Waals surface area (Å²) in [6, 6.07) is -0.311. The number of nitrogens with zero attached hydrogens (tertiary/aromatic N) is 1. The Labute approximate surface area is 80.6 Å². The summed E-state index contributed by atoms with van der Waals surface area (Å²) in [4.78, 5) is 15.2. The number of carbonyl (C=O) groups excluding carboxylic acids is 1. The zero-order valence-corrected chi connectivity index (χ0v) is 7.53. The highest BCUT2D eigenvalue weighted by atomic mass is 16.5. The smallest absolute Gasteiger partial charge is 0.246 e. The lowest BCUT2D eigenvalue weighted by molar-refractivity contribution is -0.120. The van der Waals surface area contributed by atoms with Gasteiger partial charge in [-0.15, -0.1) is 0 Å². The first-order valence-electron chi connectivity index (χ1n) is 4.37. The van der Waals surface area contributed by atoms with Crippen molar-refractivity contribution in [3.05, 3.63) is 12.6 Å². The second kappa shape index (κ2) is 4.21. The molecule has 6 heteroatoms. The van der Waals surface area contributed by atoms with E-state index in [4.69, 9.17) is 9.15 Å². The molecule has 0 spiro atoms. The van der Waals surface area contributed by atoms with Gasteiger partial charge in [-0.25, -0.2) is 4.98 Å².